The van der Waals surface area contributed by atoms with Gasteiger partial charge in [0, 0.05) is 12.4 Å². The van der Waals surface area contributed by atoms with Crippen molar-refractivity contribution in [3.63, 3.8) is 0 Å². The molecular formula is C10H8ClN3O. The van der Waals surface area contributed by atoms with Crippen LogP contribution in [0.15, 0.2) is 30.7 Å². The van der Waals surface area contributed by atoms with E-state index in [9.17, 15) is 4.79 Å². The number of Topliss-reactive ketones (excluding diaryl/α,β-unsaturated/α-hetero) is 1. The van der Waals surface area contributed by atoms with Crippen molar-refractivity contribution in [3.8, 4) is 5.69 Å². The Morgan fingerprint density at radius 2 is 2.33 bits per heavy atom. The Hall–Kier alpha value is -1.68. The number of aromatic nitrogens is 3. The summed E-state index contributed by atoms with van der Waals surface area (Å²) in [6.45, 7) is 1.45. The molecule has 0 spiro atoms. The van der Waals surface area contributed by atoms with E-state index in [-0.39, 0.29) is 10.9 Å². The fourth-order valence-electron chi connectivity index (χ4n) is 1.21. The van der Waals surface area contributed by atoms with Crippen LogP contribution in [0.4, 0.5) is 0 Å². The van der Waals surface area contributed by atoms with Gasteiger partial charge in [-0.05, 0) is 19.1 Å². The Balaban J connectivity index is 2.48. The lowest BCUT2D eigenvalue weighted by Crippen LogP contribution is -1.94. The van der Waals surface area contributed by atoms with Gasteiger partial charge in [0.15, 0.2) is 10.9 Å². The van der Waals surface area contributed by atoms with Crippen molar-refractivity contribution in [2.75, 3.05) is 0 Å². The van der Waals surface area contributed by atoms with E-state index in [1.54, 1.807) is 24.7 Å². The Morgan fingerprint density at radius 1 is 1.53 bits per heavy atom. The number of ketones is 1. The molecular weight excluding hydrogens is 214 g/mol. The van der Waals surface area contributed by atoms with E-state index in [1.165, 1.54) is 11.6 Å². The Morgan fingerprint density at radius 3 is 2.87 bits per heavy atom. The molecule has 15 heavy (non-hydrogen) atoms. The lowest BCUT2D eigenvalue weighted by molar-refractivity contribution is 0.101. The van der Waals surface area contributed by atoms with Crippen molar-refractivity contribution < 1.29 is 4.79 Å². The number of rotatable bonds is 2. The molecule has 2 heterocycles. The largest absolute Gasteiger partial charge is 0.294 e. The molecule has 0 atom stereocenters. The predicted molar refractivity (Wildman–Crippen MR) is 56.4 cm³/mol. The van der Waals surface area contributed by atoms with Gasteiger partial charge in [0.2, 0.25) is 0 Å². The zero-order valence-electron chi connectivity index (χ0n) is 8.01. The molecule has 0 aromatic carbocycles. The molecule has 0 saturated carbocycles. The fourth-order valence-corrected chi connectivity index (χ4v) is 1.47. The van der Waals surface area contributed by atoms with E-state index < -0.39 is 0 Å². The molecule has 4 nitrogen and oxygen atoms in total. The summed E-state index contributed by atoms with van der Waals surface area (Å²) >= 11 is 5.82. The number of pyridine rings is 1. The molecule has 0 aliphatic rings. The smallest absolute Gasteiger partial charge is 0.164 e. The van der Waals surface area contributed by atoms with Crippen molar-refractivity contribution >= 4 is 17.4 Å². The Labute approximate surface area is 91.5 Å². The van der Waals surface area contributed by atoms with E-state index in [0.717, 1.165) is 5.69 Å². The predicted octanol–water partition coefficient (Wildman–Crippen LogP) is 2.12. The van der Waals surface area contributed by atoms with Gasteiger partial charge in [0.25, 0.3) is 0 Å². The molecule has 0 bridgehead atoms. The van der Waals surface area contributed by atoms with Crippen LogP contribution >= 0.6 is 11.6 Å². The van der Waals surface area contributed by atoms with Gasteiger partial charge in [-0.3, -0.25) is 9.78 Å². The molecule has 0 unspecified atom stereocenters. The van der Waals surface area contributed by atoms with Gasteiger partial charge in [-0.15, -0.1) is 0 Å². The molecule has 0 fully saturated rings. The molecule has 2 aromatic heterocycles. The van der Waals surface area contributed by atoms with Crippen LogP contribution in [0.2, 0.25) is 5.15 Å². The molecule has 0 amide bonds. The van der Waals surface area contributed by atoms with Crippen molar-refractivity contribution in [1.82, 2.24) is 14.8 Å². The standard InChI is InChI=1S/C10H8ClN3O/c1-7(15)9-6-14(13-10(9)11)8-3-2-4-12-5-8/h2-6H,1H3. The number of hydrogen-bond donors (Lipinski definition) is 0. The van der Waals surface area contributed by atoms with Crippen LogP contribution in [0, 0.1) is 0 Å². The first-order valence-corrected chi connectivity index (χ1v) is 4.73. The highest BCUT2D eigenvalue weighted by Gasteiger charge is 2.11. The number of hydrogen-bond acceptors (Lipinski definition) is 3. The van der Waals surface area contributed by atoms with Gasteiger partial charge < -0.3 is 0 Å². The summed E-state index contributed by atoms with van der Waals surface area (Å²) < 4.78 is 1.53. The topological polar surface area (TPSA) is 47.8 Å². The first kappa shape index (κ1) is 9.86. The summed E-state index contributed by atoms with van der Waals surface area (Å²) in [4.78, 5) is 15.1. The molecule has 0 saturated heterocycles. The van der Waals surface area contributed by atoms with Crippen LogP contribution in [0.25, 0.3) is 5.69 Å². The highest BCUT2D eigenvalue weighted by molar-refractivity contribution is 6.32. The lowest BCUT2D eigenvalue weighted by Gasteiger charge is -1.97. The summed E-state index contributed by atoms with van der Waals surface area (Å²) in [5.41, 5.74) is 1.19. The van der Waals surface area contributed by atoms with E-state index >= 15 is 0 Å². The van der Waals surface area contributed by atoms with E-state index in [2.05, 4.69) is 10.1 Å². The third-order valence-electron chi connectivity index (χ3n) is 1.96. The minimum absolute atomic E-state index is 0.102. The van der Waals surface area contributed by atoms with E-state index in [1.807, 2.05) is 6.07 Å². The van der Waals surface area contributed by atoms with Gasteiger partial charge in [0.05, 0.1) is 17.4 Å². The minimum Gasteiger partial charge on any atom is -0.294 e. The maximum Gasteiger partial charge on any atom is 0.164 e. The van der Waals surface area contributed by atoms with Crippen LogP contribution in [0.1, 0.15) is 17.3 Å². The van der Waals surface area contributed by atoms with Crippen LogP contribution in [-0.4, -0.2) is 20.5 Å². The zero-order chi connectivity index (χ0) is 10.8. The number of halogens is 1. The number of nitrogens with zero attached hydrogens (tertiary/aromatic N) is 3. The van der Waals surface area contributed by atoms with Gasteiger partial charge in [-0.1, -0.05) is 11.6 Å². The molecule has 2 aromatic rings. The highest BCUT2D eigenvalue weighted by Crippen LogP contribution is 2.16. The molecule has 0 aliphatic carbocycles. The Bertz CT molecular complexity index is 493. The first-order valence-electron chi connectivity index (χ1n) is 4.35. The number of carbonyl (C=O) groups is 1. The Kier molecular flexibility index (Phi) is 2.51. The molecule has 0 radical (unpaired) electrons. The average molecular weight is 222 g/mol. The van der Waals surface area contributed by atoms with E-state index in [0.29, 0.717) is 5.56 Å². The van der Waals surface area contributed by atoms with Crippen LogP contribution in [0.5, 0.6) is 0 Å². The maximum absolute atomic E-state index is 11.2. The SMILES string of the molecule is CC(=O)c1cn(-c2cccnc2)nc1Cl. The van der Waals surface area contributed by atoms with Gasteiger partial charge in [0.1, 0.15) is 0 Å². The second-order valence-corrected chi connectivity index (χ2v) is 3.40. The molecule has 0 aliphatic heterocycles. The number of carbonyl (C=O) groups excluding carboxylic acids is 1. The summed E-state index contributed by atoms with van der Waals surface area (Å²) in [5.74, 6) is -0.102. The summed E-state index contributed by atoms with van der Waals surface area (Å²) in [7, 11) is 0. The van der Waals surface area contributed by atoms with Crippen LogP contribution in [-0.2, 0) is 0 Å². The van der Waals surface area contributed by atoms with Crippen LogP contribution in [0.3, 0.4) is 0 Å². The second-order valence-electron chi connectivity index (χ2n) is 3.05. The monoisotopic (exact) mass is 221 g/mol. The third-order valence-corrected chi connectivity index (χ3v) is 2.24. The first-order chi connectivity index (χ1) is 7.18. The van der Waals surface area contributed by atoms with Gasteiger partial charge in [-0.2, -0.15) is 5.10 Å². The van der Waals surface area contributed by atoms with Crippen molar-refractivity contribution in [2.45, 2.75) is 6.92 Å². The molecule has 2 rings (SSSR count). The maximum atomic E-state index is 11.2. The molecule has 76 valence electrons. The summed E-state index contributed by atoms with van der Waals surface area (Å²) in [6.07, 6.45) is 4.91. The zero-order valence-corrected chi connectivity index (χ0v) is 8.77. The summed E-state index contributed by atoms with van der Waals surface area (Å²) in [5, 5.41) is 4.24. The lowest BCUT2D eigenvalue weighted by atomic mass is 10.3. The quantitative estimate of drug-likeness (QED) is 0.730. The molecule has 5 heteroatoms. The summed E-state index contributed by atoms with van der Waals surface area (Å²) in [6, 6.07) is 3.62. The van der Waals surface area contributed by atoms with Crippen molar-refractivity contribution in [3.05, 3.63) is 41.4 Å². The average Bonchev–Trinajstić information content (AvgIpc) is 2.62. The fraction of sp³-hybridized carbons (Fsp3) is 0.100. The normalized spacial score (nSPS) is 10.3. The van der Waals surface area contributed by atoms with Crippen molar-refractivity contribution in [2.24, 2.45) is 0 Å². The van der Waals surface area contributed by atoms with Crippen molar-refractivity contribution in [1.29, 1.82) is 0 Å². The van der Waals surface area contributed by atoms with E-state index in [4.69, 9.17) is 11.6 Å². The van der Waals surface area contributed by atoms with Crippen LogP contribution < -0.4 is 0 Å². The second kappa shape index (κ2) is 3.82. The minimum atomic E-state index is -0.102. The third kappa shape index (κ3) is 1.89. The van der Waals surface area contributed by atoms with Gasteiger partial charge in [-0.25, -0.2) is 4.68 Å². The highest BCUT2D eigenvalue weighted by atomic mass is 35.5. The van der Waals surface area contributed by atoms with Gasteiger partial charge >= 0.3 is 0 Å². The molecule has 0 N–H and O–H groups in total.